The minimum absolute atomic E-state index is 0.00893. The van der Waals surface area contributed by atoms with E-state index in [1.165, 1.54) is 33.8 Å². The van der Waals surface area contributed by atoms with Crippen LogP contribution in [-0.4, -0.2) is 63.9 Å². The van der Waals surface area contributed by atoms with Crippen molar-refractivity contribution in [2.24, 2.45) is 0 Å². The van der Waals surface area contributed by atoms with E-state index in [0.717, 1.165) is 56.6 Å². The number of rotatable bonds is 7. The highest BCUT2D eigenvalue weighted by atomic mass is 32.1. The highest BCUT2D eigenvalue weighted by Crippen LogP contribution is 2.41. The number of pyridine rings is 1. The van der Waals surface area contributed by atoms with E-state index < -0.39 is 0 Å². The number of morpholine rings is 1. The van der Waals surface area contributed by atoms with Gasteiger partial charge >= 0.3 is 0 Å². The molecular formula is C29H37N5OS. The molecule has 0 radical (unpaired) electrons. The van der Waals surface area contributed by atoms with Gasteiger partial charge in [-0.1, -0.05) is 18.2 Å². The van der Waals surface area contributed by atoms with Gasteiger partial charge in [-0.3, -0.25) is 9.88 Å². The number of hydrogen-bond acceptors (Lipinski definition) is 4. The molecule has 0 unspecified atom stereocenters. The van der Waals surface area contributed by atoms with E-state index in [4.69, 9.17) is 21.9 Å². The molecular weight excluding hydrogens is 466 g/mol. The van der Waals surface area contributed by atoms with Gasteiger partial charge in [0, 0.05) is 49.5 Å². The Bertz CT molecular complexity index is 1220. The lowest BCUT2D eigenvalue weighted by Gasteiger charge is -2.30. The molecule has 0 bridgehead atoms. The van der Waals surface area contributed by atoms with Crippen molar-refractivity contribution in [3.8, 4) is 5.69 Å². The van der Waals surface area contributed by atoms with Gasteiger partial charge in [0.2, 0.25) is 0 Å². The zero-order valence-electron chi connectivity index (χ0n) is 21.8. The van der Waals surface area contributed by atoms with Gasteiger partial charge in [-0.05, 0) is 87.3 Å². The van der Waals surface area contributed by atoms with Crippen LogP contribution in [0.15, 0.2) is 48.7 Å². The summed E-state index contributed by atoms with van der Waals surface area (Å²) >= 11 is 5.93. The zero-order chi connectivity index (χ0) is 25.2. The van der Waals surface area contributed by atoms with Crippen molar-refractivity contribution < 1.29 is 4.74 Å². The largest absolute Gasteiger partial charge is 0.379 e. The molecule has 1 N–H and O–H groups in total. The Kier molecular flexibility index (Phi) is 7.42. The van der Waals surface area contributed by atoms with Crippen molar-refractivity contribution in [1.82, 2.24) is 24.7 Å². The molecule has 2 fully saturated rings. The quantitative estimate of drug-likeness (QED) is 0.468. The molecule has 2 aromatic heterocycles. The Morgan fingerprint density at radius 2 is 1.83 bits per heavy atom. The summed E-state index contributed by atoms with van der Waals surface area (Å²) in [6.07, 6.45) is 2.93. The molecule has 7 heteroatoms. The summed E-state index contributed by atoms with van der Waals surface area (Å²) in [4.78, 5) is 9.61. The summed E-state index contributed by atoms with van der Waals surface area (Å²) in [5.74, 6) is 0. The Balaban J connectivity index is 1.50. The van der Waals surface area contributed by atoms with E-state index >= 15 is 0 Å². The Morgan fingerprint density at radius 1 is 1.03 bits per heavy atom. The highest BCUT2D eigenvalue weighted by molar-refractivity contribution is 7.80. The summed E-state index contributed by atoms with van der Waals surface area (Å²) in [6.45, 7) is 14.5. The van der Waals surface area contributed by atoms with Gasteiger partial charge < -0.3 is 19.5 Å². The number of thiocarbonyl (C=S) groups is 1. The first kappa shape index (κ1) is 24.9. The van der Waals surface area contributed by atoms with E-state index in [-0.39, 0.29) is 12.1 Å². The van der Waals surface area contributed by atoms with Crippen LogP contribution in [0.5, 0.6) is 0 Å². The van der Waals surface area contributed by atoms with Crippen molar-refractivity contribution in [1.29, 1.82) is 0 Å². The molecule has 2 aliphatic rings. The van der Waals surface area contributed by atoms with Crippen molar-refractivity contribution in [3.63, 3.8) is 0 Å². The fourth-order valence-electron chi connectivity index (χ4n) is 5.71. The van der Waals surface area contributed by atoms with Crippen molar-refractivity contribution >= 4 is 17.3 Å². The van der Waals surface area contributed by atoms with Crippen LogP contribution in [0.4, 0.5) is 0 Å². The maximum Gasteiger partial charge on any atom is 0.170 e. The molecule has 5 rings (SSSR count). The van der Waals surface area contributed by atoms with E-state index in [1.54, 1.807) is 0 Å². The SMILES string of the molecule is Cc1cccc(-n2c(C)cc([C@@H]3[C@@H](c4ccccn4)NC(=S)N3CCCN3CCOCC3)c2C)c1C. The molecule has 0 aliphatic carbocycles. The number of aromatic nitrogens is 2. The number of nitrogens with zero attached hydrogens (tertiary/aromatic N) is 4. The Hall–Kier alpha value is -2.74. The number of benzene rings is 1. The molecule has 0 amide bonds. The first-order chi connectivity index (χ1) is 17.5. The number of aryl methyl sites for hydroxylation is 2. The van der Waals surface area contributed by atoms with Gasteiger partial charge in [-0.15, -0.1) is 0 Å². The maximum absolute atomic E-state index is 5.93. The lowest BCUT2D eigenvalue weighted by atomic mass is 9.96. The van der Waals surface area contributed by atoms with Gasteiger partial charge in [0.25, 0.3) is 0 Å². The lowest BCUT2D eigenvalue weighted by Crippen LogP contribution is -2.39. The maximum atomic E-state index is 5.93. The molecule has 6 nitrogen and oxygen atoms in total. The van der Waals surface area contributed by atoms with Crippen molar-refractivity contribution in [2.45, 2.75) is 46.2 Å². The number of hydrogen-bond donors (Lipinski definition) is 1. The minimum Gasteiger partial charge on any atom is -0.379 e. The third-order valence-corrected chi connectivity index (χ3v) is 8.13. The topological polar surface area (TPSA) is 45.6 Å². The van der Waals surface area contributed by atoms with Crippen LogP contribution in [0.2, 0.25) is 0 Å². The molecule has 4 heterocycles. The van der Waals surface area contributed by atoms with Crippen LogP contribution >= 0.6 is 12.2 Å². The zero-order valence-corrected chi connectivity index (χ0v) is 22.6. The monoisotopic (exact) mass is 503 g/mol. The summed E-state index contributed by atoms with van der Waals surface area (Å²) in [5, 5.41) is 4.44. The minimum atomic E-state index is 0.00893. The molecule has 2 aliphatic heterocycles. The van der Waals surface area contributed by atoms with Gasteiger partial charge in [-0.2, -0.15) is 0 Å². The van der Waals surface area contributed by atoms with Crippen molar-refractivity contribution in [3.05, 3.63) is 82.4 Å². The van der Waals surface area contributed by atoms with Gasteiger partial charge in [0.1, 0.15) is 0 Å². The third kappa shape index (κ3) is 4.80. The normalized spacial score (nSPS) is 20.7. The van der Waals surface area contributed by atoms with E-state index in [1.807, 2.05) is 12.3 Å². The Morgan fingerprint density at radius 3 is 2.58 bits per heavy atom. The third-order valence-electron chi connectivity index (χ3n) is 7.78. The van der Waals surface area contributed by atoms with Crippen LogP contribution < -0.4 is 5.32 Å². The number of ether oxygens (including phenoxy) is 1. The van der Waals surface area contributed by atoms with Gasteiger partial charge in [0.15, 0.2) is 5.11 Å². The number of nitrogens with one attached hydrogen (secondary N) is 1. The highest BCUT2D eigenvalue weighted by Gasteiger charge is 2.41. The fourth-order valence-corrected chi connectivity index (χ4v) is 6.04. The summed E-state index contributed by atoms with van der Waals surface area (Å²) in [5.41, 5.74) is 8.70. The molecule has 0 spiro atoms. The molecule has 3 aromatic rings. The predicted molar refractivity (Wildman–Crippen MR) is 149 cm³/mol. The van der Waals surface area contributed by atoms with E-state index in [2.05, 4.69) is 83.8 Å². The average molecular weight is 504 g/mol. The molecule has 190 valence electrons. The molecule has 2 atom stereocenters. The summed E-state index contributed by atoms with van der Waals surface area (Å²) in [6, 6.07) is 15.1. The molecule has 36 heavy (non-hydrogen) atoms. The second kappa shape index (κ2) is 10.7. The average Bonchev–Trinajstić information content (AvgIpc) is 3.37. The van der Waals surface area contributed by atoms with Gasteiger partial charge in [-0.25, -0.2) is 0 Å². The van der Waals surface area contributed by atoms with Crippen LogP contribution in [0.1, 0.15) is 52.3 Å². The first-order valence-electron chi connectivity index (χ1n) is 13.0. The Labute approximate surface area is 220 Å². The standard InChI is InChI=1S/C29H37N5OS/c1-20-9-7-11-26(22(20)3)34-21(2)19-24(23(34)4)28-27(25-10-5-6-12-30-25)31-29(36)33(28)14-8-13-32-15-17-35-18-16-32/h5-7,9-12,19,27-28H,8,13-18H2,1-4H3,(H,31,36)/t27-,28-/m1/s1. The second-order valence-corrected chi connectivity index (χ2v) is 10.4. The molecule has 1 aromatic carbocycles. The van der Waals surface area contributed by atoms with E-state index in [9.17, 15) is 0 Å². The smallest absolute Gasteiger partial charge is 0.170 e. The first-order valence-corrected chi connectivity index (χ1v) is 13.4. The lowest BCUT2D eigenvalue weighted by molar-refractivity contribution is 0.0365. The molecule has 2 saturated heterocycles. The van der Waals surface area contributed by atoms with Gasteiger partial charge in [0.05, 0.1) is 31.0 Å². The predicted octanol–water partition coefficient (Wildman–Crippen LogP) is 4.80. The summed E-state index contributed by atoms with van der Waals surface area (Å²) < 4.78 is 7.92. The van der Waals surface area contributed by atoms with Crippen molar-refractivity contribution in [2.75, 3.05) is 39.4 Å². The van der Waals surface area contributed by atoms with Crippen LogP contribution in [0.25, 0.3) is 5.69 Å². The van der Waals surface area contributed by atoms with E-state index in [0.29, 0.717) is 0 Å². The van der Waals surface area contributed by atoms with Crippen LogP contribution in [0.3, 0.4) is 0 Å². The van der Waals surface area contributed by atoms with Crippen LogP contribution in [0, 0.1) is 27.7 Å². The second-order valence-electron chi connectivity index (χ2n) is 10.0. The summed E-state index contributed by atoms with van der Waals surface area (Å²) in [7, 11) is 0. The fraction of sp³-hybridized carbons (Fsp3) is 0.448. The molecule has 0 saturated carbocycles. The van der Waals surface area contributed by atoms with Crippen LogP contribution in [-0.2, 0) is 4.74 Å².